The van der Waals surface area contributed by atoms with E-state index in [0.29, 0.717) is 46.4 Å². The number of alkyl halides is 5. The molecule has 1 saturated heterocycles. The van der Waals surface area contributed by atoms with Crippen molar-refractivity contribution in [1.29, 1.82) is 0 Å². The van der Waals surface area contributed by atoms with Crippen molar-refractivity contribution in [2.24, 2.45) is 0 Å². The van der Waals surface area contributed by atoms with Crippen LogP contribution in [0.4, 0.5) is 48.1 Å². The van der Waals surface area contributed by atoms with Crippen LogP contribution in [0.1, 0.15) is 52.9 Å². The van der Waals surface area contributed by atoms with Crippen LogP contribution in [0.5, 0.6) is 29.1 Å². The first-order valence-electron chi connectivity index (χ1n) is 23.6. The SMILES string of the molecule is COc1ccc(CNc2nccnc2[C@@H](C)N2CCOc3nc(-c4cc(N(Cc5ccc(OC)cc5)Cc5ccc(OC)cc5)c(F)c(C)c4C(F)(F)F)c(F)c4nc(OC[C@@H]5CC(F)(F)CN5C)nc2c34)cc1. The topological polar surface area (TPSA) is 132 Å². The van der Waals surface area contributed by atoms with Crippen LogP contribution in [0, 0.1) is 18.6 Å². The number of halogens is 7. The van der Waals surface area contributed by atoms with Crippen molar-refractivity contribution in [3.8, 4) is 40.4 Å². The third kappa shape index (κ3) is 10.7. The largest absolute Gasteiger partial charge is 0.497 e. The van der Waals surface area contributed by atoms with Gasteiger partial charge >= 0.3 is 12.2 Å². The minimum absolute atomic E-state index is 0.00287. The van der Waals surface area contributed by atoms with Crippen LogP contribution in [0.2, 0.25) is 0 Å². The van der Waals surface area contributed by atoms with Crippen LogP contribution in [0.15, 0.2) is 91.3 Å². The van der Waals surface area contributed by atoms with E-state index in [0.717, 1.165) is 18.6 Å². The molecule has 0 aliphatic carbocycles. The molecule has 5 heterocycles. The first kappa shape index (κ1) is 51.2. The summed E-state index contributed by atoms with van der Waals surface area (Å²) in [7, 11) is 6.10. The quantitative estimate of drug-likeness (QED) is 0.0868. The highest BCUT2D eigenvalue weighted by Gasteiger charge is 2.44. The molecule has 74 heavy (non-hydrogen) atoms. The third-order valence-electron chi connectivity index (χ3n) is 13.2. The second-order valence-electron chi connectivity index (χ2n) is 18.1. The summed E-state index contributed by atoms with van der Waals surface area (Å²) in [5, 5.41) is 3.22. The molecular formula is C53H52F7N9O5. The third-order valence-corrected chi connectivity index (χ3v) is 13.2. The van der Waals surface area contributed by atoms with E-state index >= 15 is 22.0 Å². The van der Waals surface area contributed by atoms with Gasteiger partial charge in [-0.15, -0.1) is 0 Å². The second kappa shape index (κ2) is 21.0. The molecule has 21 heteroatoms. The lowest BCUT2D eigenvalue weighted by Crippen LogP contribution is -2.33. The van der Waals surface area contributed by atoms with Gasteiger partial charge in [0.2, 0.25) is 5.88 Å². The fourth-order valence-corrected chi connectivity index (χ4v) is 9.35. The van der Waals surface area contributed by atoms with Gasteiger partial charge < -0.3 is 38.8 Å². The van der Waals surface area contributed by atoms with E-state index < -0.39 is 82.7 Å². The van der Waals surface area contributed by atoms with Crippen molar-refractivity contribution in [3.63, 3.8) is 0 Å². The number of aromatic nitrogens is 5. The summed E-state index contributed by atoms with van der Waals surface area (Å²) in [6.45, 7) is 2.18. The molecule has 388 valence electrons. The van der Waals surface area contributed by atoms with Gasteiger partial charge in [0.1, 0.15) is 70.2 Å². The summed E-state index contributed by atoms with van der Waals surface area (Å²) >= 11 is 0. The van der Waals surface area contributed by atoms with Crippen molar-refractivity contribution in [2.45, 2.75) is 64.1 Å². The fraction of sp³-hybridized carbons (Fsp3) is 0.340. The van der Waals surface area contributed by atoms with Gasteiger partial charge in [-0.25, -0.2) is 27.5 Å². The van der Waals surface area contributed by atoms with Gasteiger partial charge in [-0.3, -0.25) is 9.88 Å². The molecule has 4 aromatic carbocycles. The van der Waals surface area contributed by atoms with Crippen molar-refractivity contribution in [2.75, 3.05) is 69.8 Å². The highest BCUT2D eigenvalue weighted by Crippen LogP contribution is 2.48. The zero-order chi connectivity index (χ0) is 52.5. The number of anilines is 3. The van der Waals surface area contributed by atoms with Gasteiger partial charge in [-0.2, -0.15) is 23.1 Å². The molecule has 3 aromatic heterocycles. The maximum atomic E-state index is 18.0. The van der Waals surface area contributed by atoms with E-state index in [-0.39, 0.29) is 55.6 Å². The van der Waals surface area contributed by atoms with E-state index in [9.17, 15) is 8.78 Å². The molecule has 1 N–H and O–H groups in total. The lowest BCUT2D eigenvalue weighted by molar-refractivity contribution is -0.137. The average Bonchev–Trinajstić information content (AvgIpc) is 3.53. The van der Waals surface area contributed by atoms with Crippen molar-refractivity contribution >= 4 is 28.2 Å². The smallest absolute Gasteiger partial charge is 0.417 e. The predicted molar refractivity (Wildman–Crippen MR) is 263 cm³/mol. The number of methoxy groups -OCH3 is 3. The zero-order valence-corrected chi connectivity index (χ0v) is 41.2. The Morgan fingerprint density at radius 2 is 1.42 bits per heavy atom. The Morgan fingerprint density at radius 1 is 0.824 bits per heavy atom. The number of ether oxygens (including phenoxy) is 5. The molecule has 0 bridgehead atoms. The summed E-state index contributed by atoms with van der Waals surface area (Å²) < 4.78 is 139. The van der Waals surface area contributed by atoms with E-state index in [1.165, 1.54) is 38.6 Å². The lowest BCUT2D eigenvalue weighted by atomic mass is 9.95. The Bertz CT molecular complexity index is 3080. The molecule has 0 unspecified atom stereocenters. The maximum absolute atomic E-state index is 18.0. The van der Waals surface area contributed by atoms with Gasteiger partial charge in [-0.1, -0.05) is 36.4 Å². The standard InChI is InChI=1S/C53H52F7N9O5/c1-30-42(53(58,59)60)39(23-40(43(30)54)68(26-33-9-15-37(71-5)16-10-33)27-34-11-17-38(72-6)18-12-34)46-44(55)47-41-49(66-51(65-47)74-28-35-24-52(56,57)29-67(35)3)69(21-22-73-50(41)64-46)31(2)45-48(62-20-19-61-45)63-25-32-7-13-36(70-4)14-8-32/h7-20,23,31,35H,21-22,24-29H2,1-6H3,(H,62,63)/t31-,35+/m1/s1. The van der Waals surface area contributed by atoms with Crippen LogP contribution in [0.3, 0.4) is 0 Å². The summed E-state index contributed by atoms with van der Waals surface area (Å²) in [6, 6.07) is 20.2. The highest BCUT2D eigenvalue weighted by molar-refractivity contribution is 5.97. The molecule has 9 rings (SSSR count). The van der Waals surface area contributed by atoms with Crippen LogP contribution in [0.25, 0.3) is 22.2 Å². The van der Waals surface area contributed by atoms with Gasteiger partial charge in [-0.05, 0) is 85.6 Å². The first-order chi connectivity index (χ1) is 35.4. The fourth-order valence-electron chi connectivity index (χ4n) is 9.35. The Balaban J connectivity index is 1.19. The molecule has 7 aromatic rings. The van der Waals surface area contributed by atoms with E-state index in [1.54, 1.807) is 72.4 Å². The predicted octanol–water partition coefficient (Wildman–Crippen LogP) is 10.6. The molecule has 0 amide bonds. The monoisotopic (exact) mass is 1030 g/mol. The van der Waals surface area contributed by atoms with Gasteiger partial charge in [0, 0.05) is 50.1 Å². The Hall–Kier alpha value is -7.68. The molecule has 2 aliphatic heterocycles. The summed E-state index contributed by atoms with van der Waals surface area (Å²) in [5.74, 6) is -3.63. The number of rotatable bonds is 17. The zero-order valence-electron chi connectivity index (χ0n) is 41.2. The number of nitrogens with one attached hydrogen (secondary N) is 1. The minimum atomic E-state index is -5.23. The number of hydrogen-bond donors (Lipinski definition) is 1. The van der Waals surface area contributed by atoms with Crippen molar-refractivity contribution in [1.82, 2.24) is 29.8 Å². The Morgan fingerprint density at radius 3 is 1.99 bits per heavy atom. The summed E-state index contributed by atoms with van der Waals surface area (Å²) in [6.07, 6.45) is -2.74. The second-order valence-corrected chi connectivity index (χ2v) is 18.1. The average molecular weight is 1030 g/mol. The highest BCUT2D eigenvalue weighted by atomic mass is 19.4. The van der Waals surface area contributed by atoms with Crippen LogP contribution < -0.4 is 38.8 Å². The number of likely N-dealkylation sites (tertiary alicyclic amines) is 1. The molecular weight excluding hydrogens is 976 g/mol. The minimum Gasteiger partial charge on any atom is -0.497 e. The number of pyridine rings is 1. The van der Waals surface area contributed by atoms with Crippen molar-refractivity contribution < 1.29 is 54.4 Å². The number of likely N-dealkylation sites (N-methyl/N-ethyl adjacent to an activating group) is 1. The van der Waals surface area contributed by atoms with Gasteiger partial charge in [0.05, 0.1) is 51.7 Å². The van der Waals surface area contributed by atoms with Crippen LogP contribution in [-0.2, 0) is 25.8 Å². The van der Waals surface area contributed by atoms with Gasteiger partial charge in [0.15, 0.2) is 5.82 Å². The molecule has 2 aliphatic rings. The van der Waals surface area contributed by atoms with Crippen molar-refractivity contribution in [3.05, 3.63) is 136 Å². The number of benzene rings is 4. The van der Waals surface area contributed by atoms with E-state index in [1.807, 2.05) is 24.3 Å². The van der Waals surface area contributed by atoms with Gasteiger partial charge in [0.25, 0.3) is 5.92 Å². The van der Waals surface area contributed by atoms with E-state index in [2.05, 4.69) is 25.3 Å². The lowest BCUT2D eigenvalue weighted by Gasteiger charge is -2.30. The van der Waals surface area contributed by atoms with Crippen LogP contribution >= 0.6 is 0 Å². The molecule has 0 saturated carbocycles. The summed E-state index contributed by atoms with van der Waals surface area (Å²) in [4.78, 5) is 27.5. The Labute approximate surface area is 422 Å². The number of hydrogen-bond acceptors (Lipinski definition) is 14. The normalized spacial score (nSPS) is 15.9. The first-order valence-corrected chi connectivity index (χ1v) is 23.6. The molecule has 0 spiro atoms. The summed E-state index contributed by atoms with van der Waals surface area (Å²) in [5.41, 5.74) is -2.07. The maximum Gasteiger partial charge on any atom is 0.417 e. The Kier molecular flexibility index (Phi) is 14.6. The number of nitrogens with zero attached hydrogens (tertiary/aromatic N) is 8. The molecule has 1 fully saturated rings. The van der Waals surface area contributed by atoms with E-state index in [4.69, 9.17) is 28.7 Å². The van der Waals surface area contributed by atoms with Crippen LogP contribution in [-0.4, -0.2) is 96.5 Å². The molecule has 14 nitrogen and oxygen atoms in total. The molecule has 2 atom stereocenters. The molecule has 0 radical (unpaired) electrons.